The van der Waals surface area contributed by atoms with Gasteiger partial charge in [-0.2, -0.15) is 5.10 Å². The average Bonchev–Trinajstić information content (AvgIpc) is 2.86. The van der Waals surface area contributed by atoms with Crippen LogP contribution in [0, 0.1) is 39.3 Å². The van der Waals surface area contributed by atoms with E-state index in [9.17, 15) is 25.4 Å². The third-order valence-corrected chi connectivity index (χ3v) is 3.88. The number of nitrogens with one attached hydrogen (secondary N) is 1. The summed E-state index contributed by atoms with van der Waals surface area (Å²) >= 11 is 0. The molecule has 2 aliphatic rings. The van der Waals surface area contributed by atoms with Gasteiger partial charge in [0.15, 0.2) is 5.71 Å². The molecule has 10 heteroatoms. The number of rotatable bonds is 3. The van der Waals surface area contributed by atoms with Crippen LogP contribution in [-0.2, 0) is 5.54 Å². The van der Waals surface area contributed by atoms with Crippen molar-refractivity contribution in [3.63, 3.8) is 0 Å². The Morgan fingerprint density at radius 1 is 1.17 bits per heavy atom. The molecule has 0 bridgehead atoms. The lowest BCUT2D eigenvalue weighted by Gasteiger charge is -2.30. The molecule has 0 fully saturated rings. The van der Waals surface area contributed by atoms with Crippen molar-refractivity contribution < 1.29 is 9.85 Å². The van der Waals surface area contributed by atoms with E-state index in [1.807, 2.05) is 6.07 Å². The van der Waals surface area contributed by atoms with Crippen molar-refractivity contribution in [3.8, 4) is 0 Å². The number of fused-ring (bicyclic) bond motifs is 1. The molecule has 1 aliphatic carbocycles. The fourth-order valence-electron chi connectivity index (χ4n) is 2.94. The van der Waals surface area contributed by atoms with Gasteiger partial charge >= 0.3 is 5.54 Å². The smallest absolute Gasteiger partial charge is 0.317 e. The molecule has 0 saturated heterocycles. The molecule has 1 N–H and O–H groups in total. The van der Waals surface area contributed by atoms with Crippen LogP contribution >= 0.6 is 0 Å². The molecule has 1 atom stereocenters. The number of hydrazine groups is 1. The van der Waals surface area contributed by atoms with E-state index in [4.69, 9.17) is 0 Å². The summed E-state index contributed by atoms with van der Waals surface area (Å²) in [6.07, 6.45) is 1.89. The number of benzene rings is 1. The van der Waals surface area contributed by atoms with Crippen molar-refractivity contribution in [2.24, 2.45) is 5.10 Å². The average molecular weight is 330 g/mol. The highest BCUT2D eigenvalue weighted by atomic mass is 16.6. The Balaban J connectivity index is 2.35. The van der Waals surface area contributed by atoms with Crippen molar-refractivity contribution in [1.29, 1.82) is 0 Å². The molecule has 0 aromatic heterocycles. The van der Waals surface area contributed by atoms with Gasteiger partial charge in [-0.15, -0.1) is 0 Å². The van der Waals surface area contributed by atoms with E-state index < -0.39 is 21.1 Å². The molecule has 24 heavy (non-hydrogen) atoms. The molecule has 3 rings (SSSR count). The van der Waals surface area contributed by atoms with Crippen LogP contribution in [0.25, 0.3) is 0 Å². The molecule has 1 aromatic carbocycles. The molecule has 1 aromatic rings. The maximum Gasteiger partial charge on any atom is 0.317 e. The normalized spacial score (nSPS) is 22.1. The van der Waals surface area contributed by atoms with Gasteiger partial charge in [0.25, 0.3) is 5.70 Å². The topological polar surface area (TPSA) is 137 Å². The second-order valence-electron chi connectivity index (χ2n) is 5.61. The van der Waals surface area contributed by atoms with Gasteiger partial charge in [0.1, 0.15) is 0 Å². The van der Waals surface area contributed by atoms with Crippen molar-refractivity contribution in [3.05, 3.63) is 83.9 Å². The second kappa shape index (κ2) is 5.13. The predicted molar refractivity (Wildman–Crippen MR) is 83.5 cm³/mol. The van der Waals surface area contributed by atoms with E-state index in [-0.39, 0.29) is 22.1 Å². The van der Waals surface area contributed by atoms with Crippen molar-refractivity contribution >= 4 is 5.71 Å². The van der Waals surface area contributed by atoms with Crippen LogP contribution in [0.4, 0.5) is 0 Å². The lowest BCUT2D eigenvalue weighted by Crippen LogP contribution is -2.45. The Morgan fingerprint density at radius 3 is 2.33 bits per heavy atom. The van der Waals surface area contributed by atoms with Crippen molar-refractivity contribution in [2.45, 2.75) is 19.4 Å². The zero-order valence-electron chi connectivity index (χ0n) is 12.7. The van der Waals surface area contributed by atoms with Crippen LogP contribution in [0.3, 0.4) is 0 Å². The Bertz CT molecular complexity index is 839. The fourth-order valence-corrected chi connectivity index (χ4v) is 2.94. The first-order valence-corrected chi connectivity index (χ1v) is 6.89. The molecular weight excluding hydrogens is 318 g/mol. The number of allylic oxidation sites excluding steroid dienone is 1. The number of hydrogen-bond acceptors (Lipinski definition) is 8. The number of hydroxylamine groups is 1. The summed E-state index contributed by atoms with van der Waals surface area (Å²) < 4.78 is 0. The van der Waals surface area contributed by atoms with Gasteiger partial charge in [0, 0.05) is 16.6 Å². The highest BCUT2D eigenvalue weighted by molar-refractivity contribution is 6.09. The fraction of sp³-hybridized carbons (Fsp3) is 0.214. The molecule has 0 amide bonds. The summed E-state index contributed by atoms with van der Waals surface area (Å²) in [5.74, 6) is 0. The van der Waals surface area contributed by atoms with Gasteiger partial charge in [-0.3, -0.25) is 20.2 Å². The third-order valence-electron chi connectivity index (χ3n) is 3.88. The molecule has 10 nitrogen and oxygen atoms in total. The summed E-state index contributed by atoms with van der Waals surface area (Å²) in [4.78, 5) is 21.8. The molecule has 0 spiro atoms. The number of nitro groups is 2. The highest BCUT2D eigenvalue weighted by Gasteiger charge is 2.56. The molecular formula is C14H12N5O5-. The molecule has 0 saturated carbocycles. The van der Waals surface area contributed by atoms with Gasteiger partial charge < -0.3 is 10.4 Å². The molecule has 124 valence electrons. The monoisotopic (exact) mass is 330 g/mol. The minimum atomic E-state index is -2.12. The molecule has 0 radical (unpaired) electrons. The summed E-state index contributed by atoms with van der Waals surface area (Å²) in [7, 11) is 0. The van der Waals surface area contributed by atoms with E-state index in [1.54, 1.807) is 26.0 Å². The zero-order chi connectivity index (χ0) is 17.6. The number of aryl methyl sites for hydroxylation is 2. The molecule has 1 unspecified atom stereocenters. The van der Waals surface area contributed by atoms with Gasteiger partial charge in [-0.05, 0) is 26.0 Å². The zero-order valence-corrected chi connectivity index (χ0v) is 12.7. The molecule has 1 heterocycles. The minimum absolute atomic E-state index is 0.173. The summed E-state index contributed by atoms with van der Waals surface area (Å²) in [6, 6.07) is 4.94. The van der Waals surface area contributed by atoms with E-state index in [0.29, 0.717) is 0 Å². The van der Waals surface area contributed by atoms with Gasteiger partial charge in [-0.25, -0.2) is 5.53 Å². The Hall–Kier alpha value is -3.27. The Kier molecular flexibility index (Phi) is 3.34. The predicted octanol–water partition coefficient (Wildman–Crippen LogP) is 1.51. The first kappa shape index (κ1) is 15.6. The van der Waals surface area contributed by atoms with Crippen LogP contribution in [0.2, 0.25) is 0 Å². The van der Waals surface area contributed by atoms with Crippen molar-refractivity contribution in [2.75, 3.05) is 0 Å². The lowest BCUT2D eigenvalue weighted by atomic mass is 9.79. The van der Waals surface area contributed by atoms with Gasteiger partial charge in [-0.1, -0.05) is 17.2 Å². The van der Waals surface area contributed by atoms with Gasteiger partial charge in [0.05, 0.1) is 16.7 Å². The van der Waals surface area contributed by atoms with E-state index in [1.165, 1.54) is 0 Å². The Labute approximate surface area is 135 Å². The number of nitrogens with zero attached hydrogens (tertiary/aromatic N) is 4. The van der Waals surface area contributed by atoms with Crippen LogP contribution in [0.1, 0.15) is 16.7 Å². The minimum Gasteiger partial charge on any atom is -0.737 e. The SMILES string of the molecule is Cc1cc(C)cc(C2([N+](=O)[O-])C=C([N+](=O)[O-])C=C3C2=NNN3[O-])c1. The Morgan fingerprint density at radius 2 is 1.79 bits per heavy atom. The standard InChI is InChI=1S/C14H12N5O5/c1-8-3-9(2)5-10(4-8)14(19(23)24)7-11(18(21)22)6-12-13(14)15-16-17(12)20/h3-7,16H,1-2H3/q-1. The van der Waals surface area contributed by atoms with Crippen LogP contribution in [0.15, 0.2) is 46.8 Å². The first-order chi connectivity index (χ1) is 11.3. The highest BCUT2D eigenvalue weighted by Crippen LogP contribution is 2.39. The lowest BCUT2D eigenvalue weighted by molar-refractivity contribution is -0.543. The van der Waals surface area contributed by atoms with Crippen LogP contribution < -0.4 is 5.53 Å². The number of hydrogen-bond donors (Lipinski definition) is 1. The maximum atomic E-state index is 12.0. The summed E-state index contributed by atoms with van der Waals surface area (Å²) in [5.41, 5.74) is 0.688. The maximum absolute atomic E-state index is 12.0. The van der Waals surface area contributed by atoms with Crippen molar-refractivity contribution in [1.82, 2.24) is 10.7 Å². The van der Waals surface area contributed by atoms with E-state index in [2.05, 4.69) is 10.6 Å². The summed E-state index contributed by atoms with van der Waals surface area (Å²) in [6.45, 7) is 3.52. The second-order valence-corrected chi connectivity index (χ2v) is 5.61. The number of hydrazone groups is 1. The molecule has 1 aliphatic heterocycles. The van der Waals surface area contributed by atoms with E-state index >= 15 is 0 Å². The van der Waals surface area contributed by atoms with E-state index in [0.717, 1.165) is 23.3 Å². The van der Waals surface area contributed by atoms with Crippen LogP contribution in [0.5, 0.6) is 0 Å². The first-order valence-electron chi connectivity index (χ1n) is 6.89. The van der Waals surface area contributed by atoms with Gasteiger partial charge in [0.2, 0.25) is 0 Å². The summed E-state index contributed by atoms with van der Waals surface area (Å²) in [5, 5.41) is 38.9. The largest absolute Gasteiger partial charge is 0.737 e. The van der Waals surface area contributed by atoms with Crippen LogP contribution in [-0.4, -0.2) is 20.7 Å². The quantitative estimate of drug-likeness (QED) is 0.655. The third kappa shape index (κ3) is 2.12.